The number of hydrogen-bond donors (Lipinski definition) is 2. The lowest BCUT2D eigenvalue weighted by Gasteiger charge is -2.10. The molecule has 0 fully saturated rings. The molecule has 2 aromatic heterocycles. The predicted molar refractivity (Wildman–Crippen MR) is 82.1 cm³/mol. The lowest BCUT2D eigenvalue weighted by Crippen LogP contribution is -2.23. The molecular weight excluding hydrogens is 268 g/mol. The van der Waals surface area contributed by atoms with Gasteiger partial charge >= 0.3 is 0 Å². The molecule has 1 unspecified atom stereocenters. The minimum atomic E-state index is -0.410. The van der Waals surface area contributed by atoms with Crippen LogP contribution in [0.15, 0.2) is 18.5 Å². The Hall–Kier alpha value is -1.50. The van der Waals surface area contributed by atoms with Gasteiger partial charge in [-0.1, -0.05) is 0 Å². The van der Waals surface area contributed by atoms with Gasteiger partial charge in [-0.15, -0.1) is 0 Å². The van der Waals surface area contributed by atoms with E-state index in [0.29, 0.717) is 19.1 Å². The van der Waals surface area contributed by atoms with Crippen molar-refractivity contribution in [2.24, 2.45) is 0 Å². The highest BCUT2D eigenvalue weighted by Gasteiger charge is 2.08. The van der Waals surface area contributed by atoms with Crippen LogP contribution in [0.5, 0.6) is 0 Å². The summed E-state index contributed by atoms with van der Waals surface area (Å²) in [6.45, 7) is 6.04. The van der Waals surface area contributed by atoms with Crippen molar-refractivity contribution in [2.75, 3.05) is 20.3 Å². The maximum absolute atomic E-state index is 9.55. The van der Waals surface area contributed by atoms with Crippen molar-refractivity contribution in [2.45, 2.75) is 39.0 Å². The largest absolute Gasteiger partial charge is 0.391 e. The zero-order valence-corrected chi connectivity index (χ0v) is 12.9. The van der Waals surface area contributed by atoms with Crippen LogP contribution in [0.25, 0.3) is 11.0 Å². The molecule has 6 nitrogen and oxygen atoms in total. The molecule has 0 amide bonds. The number of ether oxygens (including phenoxy) is 1. The summed E-state index contributed by atoms with van der Waals surface area (Å²) in [6, 6.07) is 2.41. The van der Waals surface area contributed by atoms with Crippen LogP contribution in [-0.2, 0) is 11.3 Å². The monoisotopic (exact) mass is 292 g/mol. The normalized spacial score (nSPS) is 13.2. The maximum Gasteiger partial charge on any atom is 0.157 e. The van der Waals surface area contributed by atoms with E-state index < -0.39 is 6.10 Å². The van der Waals surface area contributed by atoms with Crippen molar-refractivity contribution in [1.82, 2.24) is 20.1 Å². The Morgan fingerprint density at radius 2 is 2.19 bits per heavy atom. The van der Waals surface area contributed by atoms with E-state index >= 15 is 0 Å². The second kappa shape index (κ2) is 7.49. The zero-order valence-electron chi connectivity index (χ0n) is 12.9. The highest BCUT2D eigenvalue weighted by molar-refractivity contribution is 5.75. The Kier molecular flexibility index (Phi) is 5.67. The lowest BCUT2D eigenvalue weighted by atomic mass is 10.2. The van der Waals surface area contributed by atoms with Gasteiger partial charge in [-0.05, 0) is 38.4 Å². The fourth-order valence-electron chi connectivity index (χ4n) is 2.24. The van der Waals surface area contributed by atoms with Gasteiger partial charge in [0, 0.05) is 31.3 Å². The van der Waals surface area contributed by atoms with Crippen molar-refractivity contribution < 1.29 is 9.84 Å². The SMILES string of the molecule is COCC(O)CCNCc1cnc2c(cnn2C(C)C)c1. The summed E-state index contributed by atoms with van der Waals surface area (Å²) in [5, 5.41) is 18.3. The number of aliphatic hydroxyl groups is 1. The molecule has 0 bridgehead atoms. The Morgan fingerprint density at radius 3 is 2.90 bits per heavy atom. The molecule has 0 aromatic carbocycles. The summed E-state index contributed by atoms with van der Waals surface area (Å²) in [5.74, 6) is 0. The molecule has 0 saturated heterocycles. The van der Waals surface area contributed by atoms with Crippen LogP contribution in [0, 0.1) is 0 Å². The van der Waals surface area contributed by atoms with Crippen molar-refractivity contribution in [3.8, 4) is 0 Å². The Balaban J connectivity index is 1.88. The number of aromatic nitrogens is 3. The first-order valence-electron chi connectivity index (χ1n) is 7.31. The second-order valence-electron chi connectivity index (χ2n) is 5.51. The van der Waals surface area contributed by atoms with Crippen LogP contribution in [0.3, 0.4) is 0 Å². The van der Waals surface area contributed by atoms with E-state index in [0.717, 1.165) is 29.7 Å². The van der Waals surface area contributed by atoms with E-state index in [1.54, 1.807) is 7.11 Å². The number of rotatable bonds is 8. The van der Waals surface area contributed by atoms with Crippen LogP contribution >= 0.6 is 0 Å². The van der Waals surface area contributed by atoms with Gasteiger partial charge in [0.2, 0.25) is 0 Å². The molecule has 2 N–H and O–H groups in total. The third-order valence-electron chi connectivity index (χ3n) is 3.32. The van der Waals surface area contributed by atoms with Gasteiger partial charge in [0.25, 0.3) is 0 Å². The smallest absolute Gasteiger partial charge is 0.157 e. The van der Waals surface area contributed by atoms with Crippen LogP contribution in [-0.4, -0.2) is 46.2 Å². The van der Waals surface area contributed by atoms with E-state index in [-0.39, 0.29) is 0 Å². The summed E-state index contributed by atoms with van der Waals surface area (Å²) in [4.78, 5) is 4.50. The van der Waals surface area contributed by atoms with Crippen molar-refractivity contribution in [3.05, 3.63) is 24.0 Å². The van der Waals surface area contributed by atoms with Gasteiger partial charge in [0.15, 0.2) is 5.65 Å². The highest BCUT2D eigenvalue weighted by atomic mass is 16.5. The number of nitrogens with zero attached hydrogens (tertiary/aromatic N) is 3. The van der Waals surface area contributed by atoms with Gasteiger partial charge in [0.05, 0.1) is 18.9 Å². The van der Waals surface area contributed by atoms with Crippen molar-refractivity contribution in [3.63, 3.8) is 0 Å². The molecule has 0 radical (unpaired) electrons. The van der Waals surface area contributed by atoms with Gasteiger partial charge in [-0.2, -0.15) is 5.10 Å². The average Bonchev–Trinajstić information content (AvgIpc) is 2.87. The van der Waals surface area contributed by atoms with Crippen molar-refractivity contribution in [1.29, 1.82) is 0 Å². The predicted octanol–water partition coefficient (Wildman–Crippen LogP) is 1.50. The zero-order chi connectivity index (χ0) is 15.2. The number of nitrogens with one attached hydrogen (secondary N) is 1. The third-order valence-corrected chi connectivity index (χ3v) is 3.32. The molecule has 0 aliphatic rings. The highest BCUT2D eigenvalue weighted by Crippen LogP contribution is 2.16. The van der Waals surface area contributed by atoms with Crippen LogP contribution in [0.2, 0.25) is 0 Å². The molecule has 0 aliphatic carbocycles. The Labute approximate surface area is 125 Å². The molecule has 116 valence electrons. The quantitative estimate of drug-likeness (QED) is 0.721. The van der Waals surface area contributed by atoms with Gasteiger partial charge in [-0.3, -0.25) is 0 Å². The van der Waals surface area contributed by atoms with E-state index in [1.165, 1.54) is 0 Å². The average molecular weight is 292 g/mol. The summed E-state index contributed by atoms with van der Waals surface area (Å²) in [6.07, 6.45) is 4.00. The van der Waals surface area contributed by atoms with Gasteiger partial charge < -0.3 is 15.2 Å². The standard InChI is InChI=1S/C15H24N4O2/c1-11(2)19-15-13(9-18-19)6-12(8-17-15)7-16-5-4-14(20)10-21-3/h6,8-9,11,14,16,20H,4-5,7,10H2,1-3H3. The van der Waals surface area contributed by atoms with E-state index in [1.807, 2.05) is 17.1 Å². The van der Waals surface area contributed by atoms with Crippen LogP contribution < -0.4 is 5.32 Å². The number of aliphatic hydroxyl groups excluding tert-OH is 1. The third kappa shape index (κ3) is 4.23. The molecule has 6 heteroatoms. The summed E-state index contributed by atoms with van der Waals surface area (Å²) in [5.41, 5.74) is 2.04. The minimum Gasteiger partial charge on any atom is -0.391 e. The topological polar surface area (TPSA) is 72.2 Å². The number of fused-ring (bicyclic) bond motifs is 1. The first kappa shape index (κ1) is 15.9. The summed E-state index contributed by atoms with van der Waals surface area (Å²) in [7, 11) is 1.59. The molecule has 2 aromatic rings. The lowest BCUT2D eigenvalue weighted by molar-refractivity contribution is 0.0594. The molecule has 0 aliphatic heterocycles. The Morgan fingerprint density at radius 1 is 1.38 bits per heavy atom. The number of pyridine rings is 1. The number of methoxy groups -OCH3 is 1. The molecule has 2 heterocycles. The Bertz CT molecular complexity index is 568. The summed E-state index contributed by atoms with van der Waals surface area (Å²) < 4.78 is 6.82. The maximum atomic E-state index is 9.55. The fourth-order valence-corrected chi connectivity index (χ4v) is 2.24. The second-order valence-corrected chi connectivity index (χ2v) is 5.51. The van der Waals surface area contributed by atoms with Gasteiger partial charge in [-0.25, -0.2) is 9.67 Å². The molecule has 2 rings (SSSR count). The van der Waals surface area contributed by atoms with Crippen LogP contribution in [0.1, 0.15) is 31.9 Å². The molecule has 0 spiro atoms. The minimum absolute atomic E-state index is 0.307. The fraction of sp³-hybridized carbons (Fsp3) is 0.600. The van der Waals surface area contributed by atoms with Crippen molar-refractivity contribution >= 4 is 11.0 Å². The molecular formula is C15H24N4O2. The first-order chi connectivity index (χ1) is 10.1. The first-order valence-corrected chi connectivity index (χ1v) is 7.31. The van der Waals surface area contributed by atoms with E-state index in [2.05, 4.69) is 35.3 Å². The van der Waals surface area contributed by atoms with E-state index in [4.69, 9.17) is 4.74 Å². The molecule has 21 heavy (non-hydrogen) atoms. The van der Waals surface area contributed by atoms with E-state index in [9.17, 15) is 5.11 Å². The molecule has 0 saturated carbocycles. The number of hydrogen-bond acceptors (Lipinski definition) is 5. The molecule has 1 atom stereocenters. The summed E-state index contributed by atoms with van der Waals surface area (Å²) >= 11 is 0. The van der Waals surface area contributed by atoms with Gasteiger partial charge in [0.1, 0.15) is 0 Å². The van der Waals surface area contributed by atoms with Crippen LogP contribution in [0.4, 0.5) is 0 Å².